The predicted molar refractivity (Wildman–Crippen MR) is 88.5 cm³/mol. The van der Waals surface area contributed by atoms with Crippen LogP contribution in [-0.2, 0) is 4.74 Å². The molecule has 1 aromatic carbocycles. The lowest BCUT2D eigenvalue weighted by atomic mass is 10.0. The van der Waals surface area contributed by atoms with Gasteiger partial charge in [-0.05, 0) is 25.0 Å². The minimum Gasteiger partial charge on any atom is -0.370 e. The lowest BCUT2D eigenvalue weighted by Gasteiger charge is -2.34. The number of aryl methyl sites for hydroxylation is 2. The third kappa shape index (κ3) is 2.55. The van der Waals surface area contributed by atoms with Gasteiger partial charge in [0, 0.05) is 13.1 Å². The first-order valence-electron chi connectivity index (χ1n) is 7.82. The highest BCUT2D eigenvalue weighted by Crippen LogP contribution is 2.30. The maximum absolute atomic E-state index is 6.01. The van der Waals surface area contributed by atoms with Crippen LogP contribution in [0.2, 0.25) is 0 Å². The molecule has 1 aliphatic heterocycles. The molecule has 2 aromatic heterocycles. The molecule has 1 N–H and O–H groups in total. The summed E-state index contributed by atoms with van der Waals surface area (Å²) in [5, 5.41) is 8.00. The van der Waals surface area contributed by atoms with Gasteiger partial charge in [-0.3, -0.25) is 5.10 Å². The van der Waals surface area contributed by atoms with E-state index in [2.05, 4.69) is 56.3 Å². The van der Waals surface area contributed by atoms with Gasteiger partial charge >= 0.3 is 0 Å². The first-order valence-corrected chi connectivity index (χ1v) is 7.82. The highest BCUT2D eigenvalue weighted by atomic mass is 16.5. The van der Waals surface area contributed by atoms with Gasteiger partial charge < -0.3 is 9.64 Å². The fourth-order valence-electron chi connectivity index (χ4n) is 3.15. The topological polar surface area (TPSA) is 66.9 Å². The summed E-state index contributed by atoms with van der Waals surface area (Å²) < 4.78 is 6.01. The van der Waals surface area contributed by atoms with Crippen LogP contribution in [0.5, 0.6) is 0 Å². The maximum Gasteiger partial charge on any atom is 0.161 e. The van der Waals surface area contributed by atoms with Crippen LogP contribution in [0.1, 0.15) is 23.1 Å². The number of nitrogens with zero attached hydrogens (tertiary/aromatic N) is 4. The zero-order valence-corrected chi connectivity index (χ0v) is 13.3. The molecule has 6 nitrogen and oxygen atoms in total. The van der Waals surface area contributed by atoms with Crippen LogP contribution in [0.25, 0.3) is 11.0 Å². The number of rotatable bonds is 2. The second-order valence-electron chi connectivity index (χ2n) is 5.89. The summed E-state index contributed by atoms with van der Waals surface area (Å²) >= 11 is 0. The van der Waals surface area contributed by atoms with Crippen molar-refractivity contribution in [3.8, 4) is 0 Å². The van der Waals surface area contributed by atoms with E-state index in [0.717, 1.165) is 35.8 Å². The number of hydrogen-bond acceptors (Lipinski definition) is 5. The Morgan fingerprint density at radius 3 is 2.96 bits per heavy atom. The third-order valence-electron chi connectivity index (χ3n) is 4.30. The molecule has 1 fully saturated rings. The highest BCUT2D eigenvalue weighted by Gasteiger charge is 2.25. The first kappa shape index (κ1) is 14.1. The van der Waals surface area contributed by atoms with Gasteiger partial charge in [0.15, 0.2) is 5.65 Å². The molecule has 6 heteroatoms. The van der Waals surface area contributed by atoms with Gasteiger partial charge in [-0.25, -0.2) is 9.97 Å². The van der Waals surface area contributed by atoms with E-state index in [4.69, 9.17) is 4.74 Å². The second-order valence-corrected chi connectivity index (χ2v) is 5.89. The molecule has 0 amide bonds. The van der Waals surface area contributed by atoms with Crippen molar-refractivity contribution in [3.63, 3.8) is 0 Å². The Labute approximate surface area is 134 Å². The molecule has 0 saturated carbocycles. The summed E-state index contributed by atoms with van der Waals surface area (Å²) in [7, 11) is 0. The van der Waals surface area contributed by atoms with Crippen LogP contribution in [0.15, 0.2) is 30.5 Å². The van der Waals surface area contributed by atoms with E-state index in [9.17, 15) is 0 Å². The van der Waals surface area contributed by atoms with Gasteiger partial charge in [-0.2, -0.15) is 5.10 Å². The summed E-state index contributed by atoms with van der Waals surface area (Å²) in [6, 6.07) is 8.39. The van der Waals surface area contributed by atoms with Crippen molar-refractivity contribution >= 4 is 16.9 Å². The molecule has 0 radical (unpaired) electrons. The quantitative estimate of drug-likeness (QED) is 0.788. The van der Waals surface area contributed by atoms with Crippen LogP contribution < -0.4 is 4.90 Å². The molecule has 4 rings (SSSR count). The molecule has 1 saturated heterocycles. The summed E-state index contributed by atoms with van der Waals surface area (Å²) in [5.41, 5.74) is 3.28. The van der Waals surface area contributed by atoms with E-state index in [-0.39, 0.29) is 6.10 Å². The van der Waals surface area contributed by atoms with Crippen LogP contribution in [0.4, 0.5) is 5.82 Å². The molecular formula is C17H19N5O. The monoisotopic (exact) mass is 309 g/mol. The number of fused-ring (bicyclic) bond motifs is 1. The molecule has 1 aliphatic rings. The Morgan fingerprint density at radius 1 is 1.22 bits per heavy atom. The smallest absolute Gasteiger partial charge is 0.161 e. The predicted octanol–water partition coefficient (Wildman–Crippen LogP) is 2.55. The van der Waals surface area contributed by atoms with Gasteiger partial charge in [-0.15, -0.1) is 0 Å². The van der Waals surface area contributed by atoms with Gasteiger partial charge in [0.05, 0.1) is 18.2 Å². The minimum atomic E-state index is 0.0576. The van der Waals surface area contributed by atoms with Crippen molar-refractivity contribution in [2.45, 2.75) is 20.0 Å². The Morgan fingerprint density at radius 2 is 2.09 bits per heavy atom. The number of ether oxygens (including phenoxy) is 1. The Hall–Kier alpha value is -2.47. The summed E-state index contributed by atoms with van der Waals surface area (Å²) in [4.78, 5) is 11.3. The summed E-state index contributed by atoms with van der Waals surface area (Å²) in [6.07, 6.45) is 1.85. The zero-order chi connectivity index (χ0) is 15.8. The third-order valence-corrected chi connectivity index (χ3v) is 4.30. The lowest BCUT2D eigenvalue weighted by Crippen LogP contribution is -2.39. The number of anilines is 1. The molecule has 23 heavy (non-hydrogen) atoms. The number of morpholine rings is 1. The fraction of sp³-hybridized carbons (Fsp3) is 0.353. The molecule has 118 valence electrons. The SMILES string of the molecule is Cc1nc(N2CCOC(c3ccccc3C)C2)c2cn[nH]c2n1. The molecule has 1 unspecified atom stereocenters. The van der Waals surface area contributed by atoms with Crippen molar-refractivity contribution in [1.82, 2.24) is 20.2 Å². The number of aromatic nitrogens is 4. The molecule has 1 atom stereocenters. The molecule has 0 bridgehead atoms. The molecular weight excluding hydrogens is 290 g/mol. The molecule has 3 aromatic rings. The highest BCUT2D eigenvalue weighted by molar-refractivity contribution is 5.86. The first-order chi connectivity index (χ1) is 11.2. The Kier molecular flexibility index (Phi) is 3.46. The number of benzene rings is 1. The van der Waals surface area contributed by atoms with Crippen molar-refractivity contribution in [3.05, 3.63) is 47.4 Å². The van der Waals surface area contributed by atoms with Crippen LogP contribution in [0.3, 0.4) is 0 Å². The average molecular weight is 309 g/mol. The van der Waals surface area contributed by atoms with Crippen molar-refractivity contribution in [2.24, 2.45) is 0 Å². The van der Waals surface area contributed by atoms with Crippen LogP contribution in [-0.4, -0.2) is 39.9 Å². The Balaban J connectivity index is 1.69. The molecule has 0 spiro atoms. The van der Waals surface area contributed by atoms with Crippen molar-refractivity contribution in [1.29, 1.82) is 0 Å². The number of H-pyrrole nitrogens is 1. The normalized spacial score (nSPS) is 18.5. The van der Waals surface area contributed by atoms with E-state index in [1.165, 1.54) is 11.1 Å². The fourth-order valence-corrected chi connectivity index (χ4v) is 3.15. The Bertz CT molecular complexity index is 844. The molecule has 0 aliphatic carbocycles. The molecule has 3 heterocycles. The van der Waals surface area contributed by atoms with Crippen LogP contribution in [0, 0.1) is 13.8 Å². The maximum atomic E-state index is 6.01. The van der Waals surface area contributed by atoms with Gasteiger partial charge in [0.1, 0.15) is 17.7 Å². The van der Waals surface area contributed by atoms with Crippen LogP contribution >= 0.6 is 0 Å². The summed E-state index contributed by atoms with van der Waals surface area (Å²) in [5.74, 6) is 1.68. The van der Waals surface area contributed by atoms with E-state index in [1.807, 2.05) is 6.92 Å². The van der Waals surface area contributed by atoms with Gasteiger partial charge in [-0.1, -0.05) is 24.3 Å². The summed E-state index contributed by atoms with van der Waals surface area (Å²) in [6.45, 7) is 6.31. The van der Waals surface area contributed by atoms with Crippen molar-refractivity contribution < 1.29 is 4.74 Å². The van der Waals surface area contributed by atoms with Gasteiger partial charge in [0.25, 0.3) is 0 Å². The number of aromatic amines is 1. The second kappa shape index (κ2) is 5.62. The number of hydrogen-bond donors (Lipinski definition) is 1. The zero-order valence-electron chi connectivity index (χ0n) is 13.3. The van der Waals surface area contributed by atoms with E-state index >= 15 is 0 Å². The number of nitrogens with one attached hydrogen (secondary N) is 1. The van der Waals surface area contributed by atoms with E-state index in [0.29, 0.717) is 6.61 Å². The standard InChI is InChI=1S/C17H19N5O/c1-11-5-3-4-6-13(11)15-10-22(7-8-23-15)17-14-9-18-21-16(14)19-12(2)20-17/h3-6,9,15H,7-8,10H2,1-2H3,(H,18,19,20,21). The minimum absolute atomic E-state index is 0.0576. The largest absolute Gasteiger partial charge is 0.370 e. The van der Waals surface area contributed by atoms with E-state index < -0.39 is 0 Å². The van der Waals surface area contributed by atoms with Gasteiger partial charge in [0.2, 0.25) is 0 Å². The lowest BCUT2D eigenvalue weighted by molar-refractivity contribution is 0.0392. The average Bonchev–Trinajstić information content (AvgIpc) is 3.03. The van der Waals surface area contributed by atoms with E-state index in [1.54, 1.807) is 6.20 Å². The van der Waals surface area contributed by atoms with Crippen molar-refractivity contribution in [2.75, 3.05) is 24.6 Å².